The maximum atomic E-state index is 3.59. The van der Waals surface area contributed by atoms with Gasteiger partial charge in [-0.15, -0.1) is 0 Å². The predicted octanol–water partition coefficient (Wildman–Crippen LogP) is 3.32. The zero-order valence-corrected chi connectivity index (χ0v) is 10.5. The molecule has 0 amide bonds. The number of rotatable bonds is 6. The minimum absolute atomic E-state index is 0.785. The van der Waals surface area contributed by atoms with Crippen LogP contribution in [0.4, 0.5) is 0 Å². The van der Waals surface area contributed by atoms with E-state index in [1.54, 1.807) is 0 Å². The fraction of sp³-hybridized carbons (Fsp3) is 0.600. The summed E-state index contributed by atoms with van der Waals surface area (Å²) in [6, 6.07) is 9.60. The van der Waals surface area contributed by atoms with E-state index in [9.17, 15) is 0 Å². The van der Waals surface area contributed by atoms with E-state index in [-0.39, 0.29) is 0 Å². The Labute approximate surface area is 99.3 Å². The van der Waals surface area contributed by atoms with Gasteiger partial charge < -0.3 is 5.32 Å². The monoisotopic (exact) mass is 217 g/mol. The second-order valence-corrected chi connectivity index (χ2v) is 5.25. The molecule has 0 aliphatic heterocycles. The Kier molecular flexibility index (Phi) is 4.00. The SMILES string of the molecule is Cc1ccccc1CC(C)CCNC1CC1. The molecule has 0 radical (unpaired) electrons. The van der Waals surface area contributed by atoms with Crippen LogP contribution in [0.25, 0.3) is 0 Å². The van der Waals surface area contributed by atoms with Crippen molar-refractivity contribution in [3.8, 4) is 0 Å². The lowest BCUT2D eigenvalue weighted by atomic mass is 9.95. The van der Waals surface area contributed by atoms with Gasteiger partial charge >= 0.3 is 0 Å². The van der Waals surface area contributed by atoms with Gasteiger partial charge in [-0.3, -0.25) is 0 Å². The van der Waals surface area contributed by atoms with Crippen LogP contribution in [0.15, 0.2) is 24.3 Å². The molecule has 0 bridgehead atoms. The minimum atomic E-state index is 0.785. The Bertz CT molecular complexity index is 328. The van der Waals surface area contributed by atoms with E-state index < -0.39 is 0 Å². The van der Waals surface area contributed by atoms with Crippen LogP contribution in [0.3, 0.4) is 0 Å². The zero-order valence-electron chi connectivity index (χ0n) is 10.5. The molecule has 0 aromatic heterocycles. The first-order chi connectivity index (χ1) is 7.75. The maximum Gasteiger partial charge on any atom is 0.00682 e. The standard InChI is InChI=1S/C15H23N/c1-12(9-10-16-15-7-8-15)11-14-6-4-3-5-13(14)2/h3-6,12,15-16H,7-11H2,1-2H3. The lowest BCUT2D eigenvalue weighted by molar-refractivity contribution is 0.497. The highest BCUT2D eigenvalue weighted by atomic mass is 14.9. The Morgan fingerprint density at radius 1 is 1.31 bits per heavy atom. The van der Waals surface area contributed by atoms with E-state index >= 15 is 0 Å². The van der Waals surface area contributed by atoms with Crippen LogP contribution in [0, 0.1) is 12.8 Å². The number of benzene rings is 1. The first-order valence-corrected chi connectivity index (χ1v) is 6.53. The van der Waals surface area contributed by atoms with Crippen molar-refractivity contribution in [2.45, 2.75) is 45.6 Å². The van der Waals surface area contributed by atoms with Crippen LogP contribution in [0.5, 0.6) is 0 Å². The third-order valence-corrected chi connectivity index (χ3v) is 3.48. The van der Waals surface area contributed by atoms with E-state index in [0.717, 1.165) is 12.0 Å². The van der Waals surface area contributed by atoms with Gasteiger partial charge in [-0.2, -0.15) is 0 Å². The highest BCUT2D eigenvalue weighted by Gasteiger charge is 2.19. The summed E-state index contributed by atoms with van der Waals surface area (Å²) in [6.45, 7) is 5.77. The first kappa shape index (κ1) is 11.7. The Balaban J connectivity index is 1.73. The van der Waals surface area contributed by atoms with Crippen molar-refractivity contribution in [2.75, 3.05) is 6.54 Å². The third-order valence-electron chi connectivity index (χ3n) is 3.48. The van der Waals surface area contributed by atoms with Crippen LogP contribution < -0.4 is 5.32 Å². The van der Waals surface area contributed by atoms with Gasteiger partial charge in [0, 0.05) is 6.04 Å². The van der Waals surface area contributed by atoms with Crippen molar-refractivity contribution >= 4 is 0 Å². The highest BCUT2D eigenvalue weighted by molar-refractivity contribution is 5.25. The van der Waals surface area contributed by atoms with Crippen LogP contribution in [-0.4, -0.2) is 12.6 Å². The van der Waals surface area contributed by atoms with E-state index in [2.05, 4.69) is 43.4 Å². The van der Waals surface area contributed by atoms with Crippen molar-refractivity contribution in [1.29, 1.82) is 0 Å². The van der Waals surface area contributed by atoms with Gasteiger partial charge in [0.15, 0.2) is 0 Å². The molecule has 1 heteroatoms. The topological polar surface area (TPSA) is 12.0 Å². The number of nitrogens with one attached hydrogen (secondary N) is 1. The van der Waals surface area contributed by atoms with Crippen molar-refractivity contribution in [1.82, 2.24) is 5.32 Å². The summed E-state index contributed by atoms with van der Waals surface area (Å²) in [6.07, 6.45) is 5.31. The van der Waals surface area contributed by atoms with Crippen LogP contribution in [0.1, 0.15) is 37.3 Å². The molecule has 16 heavy (non-hydrogen) atoms. The van der Waals surface area contributed by atoms with Crippen LogP contribution in [-0.2, 0) is 6.42 Å². The summed E-state index contributed by atoms with van der Waals surface area (Å²) in [5, 5.41) is 3.59. The Morgan fingerprint density at radius 3 is 2.75 bits per heavy atom. The summed E-state index contributed by atoms with van der Waals surface area (Å²) in [5.74, 6) is 0.785. The smallest absolute Gasteiger partial charge is 0.00682 e. The molecule has 1 aromatic rings. The molecule has 1 N–H and O–H groups in total. The van der Waals surface area contributed by atoms with E-state index in [1.165, 1.54) is 43.4 Å². The molecule has 1 aliphatic carbocycles. The Morgan fingerprint density at radius 2 is 2.06 bits per heavy atom. The molecule has 1 atom stereocenters. The molecular weight excluding hydrogens is 194 g/mol. The molecule has 0 spiro atoms. The summed E-state index contributed by atoms with van der Waals surface area (Å²) < 4.78 is 0. The molecule has 0 saturated heterocycles. The fourth-order valence-electron chi connectivity index (χ4n) is 2.14. The lowest BCUT2D eigenvalue weighted by Crippen LogP contribution is -2.20. The summed E-state index contributed by atoms with van der Waals surface area (Å²) in [7, 11) is 0. The van der Waals surface area contributed by atoms with Crippen molar-refractivity contribution in [3.05, 3.63) is 35.4 Å². The lowest BCUT2D eigenvalue weighted by Gasteiger charge is -2.13. The molecule has 2 rings (SSSR count). The van der Waals surface area contributed by atoms with Gasteiger partial charge in [0.05, 0.1) is 0 Å². The third kappa shape index (κ3) is 3.64. The van der Waals surface area contributed by atoms with Crippen LogP contribution in [0.2, 0.25) is 0 Å². The van der Waals surface area contributed by atoms with Gasteiger partial charge in [0.2, 0.25) is 0 Å². The summed E-state index contributed by atoms with van der Waals surface area (Å²) >= 11 is 0. The zero-order chi connectivity index (χ0) is 11.4. The van der Waals surface area contributed by atoms with E-state index in [1.807, 2.05) is 0 Å². The number of hydrogen-bond acceptors (Lipinski definition) is 1. The van der Waals surface area contributed by atoms with Gasteiger partial charge in [0.1, 0.15) is 0 Å². The average molecular weight is 217 g/mol. The molecule has 1 saturated carbocycles. The average Bonchev–Trinajstić information content (AvgIpc) is 3.05. The highest BCUT2D eigenvalue weighted by Crippen LogP contribution is 2.19. The van der Waals surface area contributed by atoms with E-state index in [0.29, 0.717) is 0 Å². The molecule has 88 valence electrons. The largest absolute Gasteiger partial charge is 0.314 e. The molecule has 0 heterocycles. The maximum absolute atomic E-state index is 3.59. The predicted molar refractivity (Wildman–Crippen MR) is 69.7 cm³/mol. The van der Waals surface area contributed by atoms with Crippen molar-refractivity contribution in [3.63, 3.8) is 0 Å². The molecule has 1 fully saturated rings. The fourth-order valence-corrected chi connectivity index (χ4v) is 2.14. The quantitative estimate of drug-likeness (QED) is 0.771. The van der Waals surface area contributed by atoms with Gasteiger partial charge in [0.25, 0.3) is 0 Å². The first-order valence-electron chi connectivity index (χ1n) is 6.53. The van der Waals surface area contributed by atoms with Crippen LogP contribution >= 0.6 is 0 Å². The molecule has 1 aliphatic rings. The summed E-state index contributed by atoms with van der Waals surface area (Å²) in [4.78, 5) is 0. The minimum Gasteiger partial charge on any atom is -0.314 e. The molecule has 1 nitrogen and oxygen atoms in total. The van der Waals surface area contributed by atoms with E-state index in [4.69, 9.17) is 0 Å². The van der Waals surface area contributed by atoms with Gasteiger partial charge in [-0.05, 0) is 56.2 Å². The van der Waals surface area contributed by atoms with Crippen molar-refractivity contribution in [2.24, 2.45) is 5.92 Å². The molecule has 1 unspecified atom stereocenters. The number of hydrogen-bond donors (Lipinski definition) is 1. The second kappa shape index (κ2) is 5.49. The molecule has 1 aromatic carbocycles. The summed E-state index contributed by atoms with van der Waals surface area (Å²) in [5.41, 5.74) is 2.95. The van der Waals surface area contributed by atoms with Gasteiger partial charge in [-0.25, -0.2) is 0 Å². The Hall–Kier alpha value is -0.820. The van der Waals surface area contributed by atoms with Gasteiger partial charge in [-0.1, -0.05) is 31.2 Å². The van der Waals surface area contributed by atoms with Crippen molar-refractivity contribution < 1.29 is 0 Å². The second-order valence-electron chi connectivity index (χ2n) is 5.25. The normalized spacial score (nSPS) is 17.4. The number of aryl methyl sites for hydroxylation is 1. The molecular formula is C15H23N.